The van der Waals surface area contributed by atoms with Crippen LogP contribution in [0.2, 0.25) is 0 Å². The summed E-state index contributed by atoms with van der Waals surface area (Å²) in [6.07, 6.45) is 2.78. The maximum absolute atomic E-state index is 11.3. The summed E-state index contributed by atoms with van der Waals surface area (Å²) in [5, 5.41) is 0. The zero-order valence-electron chi connectivity index (χ0n) is 8.20. The molecule has 78 valence electrons. The van der Waals surface area contributed by atoms with Crippen LogP contribution < -0.4 is 5.56 Å². The summed E-state index contributed by atoms with van der Waals surface area (Å²) >= 11 is 3.32. The van der Waals surface area contributed by atoms with Gasteiger partial charge >= 0.3 is 0 Å². The van der Waals surface area contributed by atoms with Crippen LogP contribution in [0.15, 0.2) is 27.6 Å². The molecule has 0 N–H and O–H groups in total. The fourth-order valence-electron chi connectivity index (χ4n) is 1.09. The Bertz CT molecular complexity index is 335. The van der Waals surface area contributed by atoms with Crippen LogP contribution >= 0.6 is 15.9 Å². The highest BCUT2D eigenvalue weighted by molar-refractivity contribution is 9.10. The van der Waals surface area contributed by atoms with E-state index in [0.29, 0.717) is 13.2 Å². The third kappa shape index (κ3) is 3.64. The maximum atomic E-state index is 11.3. The second-order valence-corrected chi connectivity index (χ2v) is 3.91. The molecule has 1 rings (SSSR count). The molecule has 0 atom stereocenters. The number of aromatic nitrogens is 1. The third-order valence-corrected chi connectivity index (χ3v) is 2.24. The van der Waals surface area contributed by atoms with Gasteiger partial charge in [0.25, 0.3) is 5.56 Å². The predicted molar refractivity (Wildman–Crippen MR) is 59.5 cm³/mol. The molecule has 0 saturated carbocycles. The van der Waals surface area contributed by atoms with Gasteiger partial charge in [-0.05, 0) is 28.4 Å². The molecule has 0 aromatic carbocycles. The van der Waals surface area contributed by atoms with E-state index >= 15 is 0 Å². The first-order valence-corrected chi connectivity index (χ1v) is 5.47. The lowest BCUT2D eigenvalue weighted by Crippen LogP contribution is -2.20. The van der Waals surface area contributed by atoms with Crippen molar-refractivity contribution in [2.24, 2.45) is 0 Å². The van der Waals surface area contributed by atoms with Gasteiger partial charge < -0.3 is 9.30 Å². The summed E-state index contributed by atoms with van der Waals surface area (Å²) in [4.78, 5) is 11.3. The minimum atomic E-state index is 0.00768. The SMILES string of the molecule is CCCOCCn1cc(Br)ccc1=O. The molecule has 0 aliphatic carbocycles. The van der Waals surface area contributed by atoms with E-state index in [0.717, 1.165) is 17.5 Å². The summed E-state index contributed by atoms with van der Waals surface area (Å²) in [5.74, 6) is 0. The number of hydrogen-bond acceptors (Lipinski definition) is 2. The van der Waals surface area contributed by atoms with Crippen molar-refractivity contribution in [1.29, 1.82) is 0 Å². The molecule has 0 spiro atoms. The van der Waals surface area contributed by atoms with Crippen molar-refractivity contribution in [3.8, 4) is 0 Å². The van der Waals surface area contributed by atoms with Crippen LogP contribution in [0.3, 0.4) is 0 Å². The van der Waals surface area contributed by atoms with Crippen LogP contribution in [0.5, 0.6) is 0 Å². The number of hydrogen-bond donors (Lipinski definition) is 0. The lowest BCUT2D eigenvalue weighted by molar-refractivity contribution is 0.126. The molecule has 0 bridgehead atoms. The Morgan fingerprint density at radius 1 is 1.43 bits per heavy atom. The molecule has 1 heterocycles. The Labute approximate surface area is 91.8 Å². The fraction of sp³-hybridized carbons (Fsp3) is 0.500. The normalized spacial score (nSPS) is 10.4. The van der Waals surface area contributed by atoms with Crippen molar-refractivity contribution in [2.75, 3.05) is 13.2 Å². The van der Waals surface area contributed by atoms with E-state index in [1.807, 2.05) is 0 Å². The smallest absolute Gasteiger partial charge is 0.250 e. The average Bonchev–Trinajstić information content (AvgIpc) is 2.18. The maximum Gasteiger partial charge on any atom is 0.250 e. The molecule has 14 heavy (non-hydrogen) atoms. The highest BCUT2D eigenvalue weighted by Gasteiger charge is 1.96. The Kier molecular flexibility index (Phi) is 4.90. The van der Waals surface area contributed by atoms with Crippen LogP contribution in [-0.4, -0.2) is 17.8 Å². The lowest BCUT2D eigenvalue weighted by Gasteiger charge is -2.06. The standard InChI is InChI=1S/C10H14BrNO2/c1-2-6-14-7-5-12-8-9(11)3-4-10(12)13/h3-4,8H,2,5-7H2,1H3. The Morgan fingerprint density at radius 2 is 2.21 bits per heavy atom. The number of nitrogens with zero attached hydrogens (tertiary/aromatic N) is 1. The van der Waals surface area contributed by atoms with Crippen molar-refractivity contribution in [3.05, 3.63) is 33.2 Å². The van der Waals surface area contributed by atoms with Crippen molar-refractivity contribution in [1.82, 2.24) is 4.57 Å². The Balaban J connectivity index is 2.49. The largest absolute Gasteiger partial charge is 0.380 e. The number of rotatable bonds is 5. The Hall–Kier alpha value is -0.610. The quantitative estimate of drug-likeness (QED) is 0.758. The Morgan fingerprint density at radius 3 is 2.93 bits per heavy atom. The van der Waals surface area contributed by atoms with E-state index in [1.54, 1.807) is 22.9 Å². The van der Waals surface area contributed by atoms with Crippen LogP contribution in [0.4, 0.5) is 0 Å². The lowest BCUT2D eigenvalue weighted by atomic mass is 10.4. The summed E-state index contributed by atoms with van der Waals surface area (Å²) < 4.78 is 7.86. The molecule has 3 nitrogen and oxygen atoms in total. The predicted octanol–water partition coefficient (Wildman–Crippen LogP) is 2.04. The van der Waals surface area contributed by atoms with Crippen molar-refractivity contribution in [3.63, 3.8) is 0 Å². The van der Waals surface area contributed by atoms with Crippen LogP contribution in [0, 0.1) is 0 Å². The zero-order chi connectivity index (χ0) is 10.4. The summed E-state index contributed by atoms with van der Waals surface area (Å²) in [5.41, 5.74) is 0.00768. The second kappa shape index (κ2) is 5.98. The second-order valence-electron chi connectivity index (χ2n) is 2.99. The molecule has 0 aliphatic rings. The minimum absolute atomic E-state index is 0.00768. The van der Waals surface area contributed by atoms with Gasteiger partial charge in [-0.15, -0.1) is 0 Å². The first-order valence-electron chi connectivity index (χ1n) is 4.67. The molecule has 0 saturated heterocycles. The molecule has 1 aromatic rings. The average molecular weight is 260 g/mol. The van der Waals surface area contributed by atoms with E-state index in [4.69, 9.17) is 4.74 Å². The van der Waals surface area contributed by atoms with Crippen LogP contribution in [-0.2, 0) is 11.3 Å². The van der Waals surface area contributed by atoms with Gasteiger partial charge in [0, 0.05) is 29.9 Å². The van der Waals surface area contributed by atoms with Gasteiger partial charge in [0.05, 0.1) is 6.61 Å². The van der Waals surface area contributed by atoms with Gasteiger partial charge in [0.2, 0.25) is 0 Å². The highest BCUT2D eigenvalue weighted by Crippen LogP contribution is 2.04. The van der Waals surface area contributed by atoms with E-state index in [1.165, 1.54) is 0 Å². The first kappa shape index (κ1) is 11.5. The van der Waals surface area contributed by atoms with E-state index in [2.05, 4.69) is 22.9 Å². The van der Waals surface area contributed by atoms with Crippen molar-refractivity contribution < 1.29 is 4.74 Å². The van der Waals surface area contributed by atoms with Crippen molar-refractivity contribution >= 4 is 15.9 Å². The van der Waals surface area contributed by atoms with Gasteiger partial charge in [-0.3, -0.25) is 4.79 Å². The van der Waals surface area contributed by atoms with Gasteiger partial charge in [-0.2, -0.15) is 0 Å². The number of ether oxygens (including phenoxy) is 1. The summed E-state index contributed by atoms with van der Waals surface area (Å²) in [7, 11) is 0. The van der Waals surface area contributed by atoms with E-state index in [-0.39, 0.29) is 5.56 Å². The van der Waals surface area contributed by atoms with Gasteiger partial charge in [-0.25, -0.2) is 0 Å². The minimum Gasteiger partial charge on any atom is -0.380 e. The van der Waals surface area contributed by atoms with E-state index in [9.17, 15) is 4.79 Å². The number of halogens is 1. The molecular weight excluding hydrogens is 246 g/mol. The monoisotopic (exact) mass is 259 g/mol. The van der Waals surface area contributed by atoms with Crippen LogP contribution in [0.1, 0.15) is 13.3 Å². The van der Waals surface area contributed by atoms with E-state index < -0.39 is 0 Å². The molecule has 0 radical (unpaired) electrons. The molecular formula is C10H14BrNO2. The van der Waals surface area contributed by atoms with Gasteiger partial charge in [-0.1, -0.05) is 6.92 Å². The first-order chi connectivity index (χ1) is 6.74. The topological polar surface area (TPSA) is 31.2 Å². The van der Waals surface area contributed by atoms with Gasteiger partial charge in [0.15, 0.2) is 0 Å². The molecule has 1 aromatic heterocycles. The molecule has 0 amide bonds. The summed E-state index contributed by atoms with van der Waals surface area (Å²) in [6, 6.07) is 3.29. The number of pyridine rings is 1. The summed E-state index contributed by atoms with van der Waals surface area (Å²) in [6.45, 7) is 4.01. The molecule has 0 fully saturated rings. The fourth-order valence-corrected chi connectivity index (χ4v) is 1.47. The highest BCUT2D eigenvalue weighted by atomic mass is 79.9. The molecule has 0 unspecified atom stereocenters. The van der Waals surface area contributed by atoms with Gasteiger partial charge in [0.1, 0.15) is 0 Å². The zero-order valence-corrected chi connectivity index (χ0v) is 9.79. The van der Waals surface area contributed by atoms with Crippen LogP contribution in [0.25, 0.3) is 0 Å². The molecule has 4 heteroatoms. The van der Waals surface area contributed by atoms with Crippen molar-refractivity contribution in [2.45, 2.75) is 19.9 Å². The molecule has 0 aliphatic heterocycles. The third-order valence-electron chi connectivity index (χ3n) is 1.77.